The summed E-state index contributed by atoms with van der Waals surface area (Å²) in [7, 11) is 2.13. The molecule has 1 aliphatic rings. The molecule has 1 aliphatic heterocycles. The van der Waals surface area contributed by atoms with Gasteiger partial charge in [-0.2, -0.15) is 5.26 Å². The number of likely N-dealkylation sites (N-methyl/N-ethyl adjacent to an activating group) is 1. The van der Waals surface area contributed by atoms with Crippen LogP contribution in [0.5, 0.6) is 0 Å². The van der Waals surface area contributed by atoms with Gasteiger partial charge in [0.05, 0.1) is 5.56 Å². The molecule has 1 saturated heterocycles. The number of halogens is 1. The van der Waals surface area contributed by atoms with Crippen molar-refractivity contribution < 1.29 is 4.39 Å². The predicted octanol–water partition coefficient (Wildman–Crippen LogP) is 2.23. The SMILES string of the molecule is CCC1CN(c2ccc(C#N)c(F)c2)CCN1C. The lowest BCUT2D eigenvalue weighted by Crippen LogP contribution is -2.51. The fraction of sp³-hybridized carbons (Fsp3) is 0.500. The van der Waals surface area contributed by atoms with Crippen molar-refractivity contribution in [3.63, 3.8) is 0 Å². The zero-order valence-corrected chi connectivity index (χ0v) is 10.9. The summed E-state index contributed by atoms with van der Waals surface area (Å²) in [6.07, 6.45) is 1.09. The molecular formula is C14H18FN3. The molecule has 1 aromatic rings. The number of nitriles is 1. The number of rotatable bonds is 2. The molecule has 0 bridgehead atoms. The normalized spacial score (nSPS) is 20.8. The molecule has 18 heavy (non-hydrogen) atoms. The van der Waals surface area contributed by atoms with E-state index < -0.39 is 5.82 Å². The van der Waals surface area contributed by atoms with Crippen molar-refractivity contribution in [1.82, 2.24) is 4.90 Å². The van der Waals surface area contributed by atoms with E-state index in [1.807, 2.05) is 12.1 Å². The number of anilines is 1. The molecule has 4 heteroatoms. The van der Waals surface area contributed by atoms with Crippen LogP contribution in [-0.4, -0.2) is 37.6 Å². The highest BCUT2D eigenvalue weighted by molar-refractivity contribution is 5.51. The van der Waals surface area contributed by atoms with E-state index >= 15 is 0 Å². The van der Waals surface area contributed by atoms with Gasteiger partial charge in [0.15, 0.2) is 0 Å². The van der Waals surface area contributed by atoms with Crippen LogP contribution < -0.4 is 4.90 Å². The number of piperazine rings is 1. The van der Waals surface area contributed by atoms with E-state index in [1.165, 1.54) is 6.07 Å². The summed E-state index contributed by atoms with van der Waals surface area (Å²) in [5.74, 6) is -0.429. The molecule has 0 N–H and O–H groups in total. The zero-order valence-electron chi connectivity index (χ0n) is 10.9. The maximum Gasteiger partial charge on any atom is 0.143 e. The van der Waals surface area contributed by atoms with Crippen molar-refractivity contribution in [2.45, 2.75) is 19.4 Å². The molecule has 0 spiro atoms. The first kappa shape index (κ1) is 12.8. The van der Waals surface area contributed by atoms with Crippen molar-refractivity contribution in [3.8, 4) is 6.07 Å². The molecule has 0 aliphatic carbocycles. The lowest BCUT2D eigenvalue weighted by Gasteiger charge is -2.40. The first-order valence-corrected chi connectivity index (χ1v) is 6.30. The van der Waals surface area contributed by atoms with Gasteiger partial charge in [-0.15, -0.1) is 0 Å². The Morgan fingerprint density at radius 2 is 2.22 bits per heavy atom. The molecule has 1 fully saturated rings. The maximum absolute atomic E-state index is 13.6. The van der Waals surface area contributed by atoms with Gasteiger partial charge in [-0.3, -0.25) is 4.90 Å². The average Bonchev–Trinajstić information content (AvgIpc) is 2.39. The monoisotopic (exact) mass is 247 g/mol. The number of benzene rings is 1. The molecule has 1 atom stereocenters. The predicted molar refractivity (Wildman–Crippen MR) is 70.0 cm³/mol. The minimum Gasteiger partial charge on any atom is -0.369 e. The zero-order chi connectivity index (χ0) is 13.1. The first-order valence-electron chi connectivity index (χ1n) is 6.30. The summed E-state index contributed by atoms with van der Waals surface area (Å²) < 4.78 is 13.6. The Hall–Kier alpha value is -1.60. The van der Waals surface area contributed by atoms with Crippen molar-refractivity contribution in [3.05, 3.63) is 29.6 Å². The topological polar surface area (TPSA) is 30.3 Å². The van der Waals surface area contributed by atoms with Gasteiger partial charge in [0.25, 0.3) is 0 Å². The Morgan fingerprint density at radius 3 is 2.83 bits per heavy atom. The fourth-order valence-corrected chi connectivity index (χ4v) is 2.41. The Balaban J connectivity index is 2.17. The Labute approximate surface area is 107 Å². The lowest BCUT2D eigenvalue weighted by atomic mass is 10.1. The van der Waals surface area contributed by atoms with Crippen LogP contribution in [0.4, 0.5) is 10.1 Å². The van der Waals surface area contributed by atoms with E-state index in [9.17, 15) is 4.39 Å². The van der Waals surface area contributed by atoms with Crippen molar-refractivity contribution in [2.75, 3.05) is 31.6 Å². The second kappa shape index (κ2) is 5.36. The maximum atomic E-state index is 13.6. The Bertz CT molecular complexity index is 467. The van der Waals surface area contributed by atoms with Gasteiger partial charge in [-0.05, 0) is 31.7 Å². The van der Waals surface area contributed by atoms with Gasteiger partial charge in [0.2, 0.25) is 0 Å². The lowest BCUT2D eigenvalue weighted by molar-refractivity contribution is 0.213. The number of nitrogens with zero attached hydrogens (tertiary/aromatic N) is 3. The van der Waals surface area contributed by atoms with E-state index in [0.29, 0.717) is 6.04 Å². The summed E-state index contributed by atoms with van der Waals surface area (Å²) >= 11 is 0. The van der Waals surface area contributed by atoms with Crippen molar-refractivity contribution >= 4 is 5.69 Å². The van der Waals surface area contributed by atoms with Crippen LogP contribution in [0.25, 0.3) is 0 Å². The quantitative estimate of drug-likeness (QED) is 0.803. The van der Waals surface area contributed by atoms with Crippen LogP contribution in [0.1, 0.15) is 18.9 Å². The molecule has 1 unspecified atom stereocenters. The molecule has 0 radical (unpaired) electrons. The standard InChI is InChI=1S/C14H18FN3/c1-3-12-10-18(7-6-17(12)2)13-5-4-11(9-16)14(15)8-13/h4-5,8,12H,3,6-7,10H2,1-2H3. The third-order valence-corrected chi connectivity index (χ3v) is 3.69. The highest BCUT2D eigenvalue weighted by atomic mass is 19.1. The van der Waals surface area contributed by atoms with E-state index in [0.717, 1.165) is 31.7 Å². The van der Waals surface area contributed by atoms with Crippen molar-refractivity contribution in [2.24, 2.45) is 0 Å². The molecule has 1 aromatic carbocycles. The van der Waals surface area contributed by atoms with Crippen LogP contribution in [0.3, 0.4) is 0 Å². The highest BCUT2D eigenvalue weighted by Crippen LogP contribution is 2.22. The van der Waals surface area contributed by atoms with E-state index in [1.54, 1.807) is 6.07 Å². The van der Waals surface area contributed by atoms with E-state index in [2.05, 4.69) is 23.8 Å². The number of hydrogen-bond acceptors (Lipinski definition) is 3. The summed E-state index contributed by atoms with van der Waals surface area (Å²) in [6.45, 7) is 4.97. The smallest absolute Gasteiger partial charge is 0.143 e. The van der Waals surface area contributed by atoms with Gasteiger partial charge in [-0.25, -0.2) is 4.39 Å². The summed E-state index contributed by atoms with van der Waals surface area (Å²) in [5.41, 5.74) is 0.984. The molecule has 96 valence electrons. The summed E-state index contributed by atoms with van der Waals surface area (Å²) in [4.78, 5) is 4.54. The van der Waals surface area contributed by atoms with E-state index in [4.69, 9.17) is 5.26 Å². The molecule has 2 rings (SSSR count). The van der Waals surface area contributed by atoms with Crippen LogP contribution in [-0.2, 0) is 0 Å². The fourth-order valence-electron chi connectivity index (χ4n) is 2.41. The highest BCUT2D eigenvalue weighted by Gasteiger charge is 2.23. The van der Waals surface area contributed by atoms with Crippen LogP contribution >= 0.6 is 0 Å². The average molecular weight is 247 g/mol. The minimum absolute atomic E-state index is 0.111. The van der Waals surface area contributed by atoms with Gasteiger partial charge < -0.3 is 4.90 Å². The minimum atomic E-state index is -0.429. The first-order chi connectivity index (χ1) is 8.65. The third-order valence-electron chi connectivity index (χ3n) is 3.69. The van der Waals surface area contributed by atoms with Gasteiger partial charge in [-0.1, -0.05) is 6.92 Å². The van der Waals surface area contributed by atoms with E-state index in [-0.39, 0.29) is 5.56 Å². The third kappa shape index (κ3) is 2.46. The van der Waals surface area contributed by atoms with Crippen LogP contribution in [0.15, 0.2) is 18.2 Å². The van der Waals surface area contributed by atoms with Gasteiger partial charge >= 0.3 is 0 Å². The molecular weight excluding hydrogens is 229 g/mol. The molecule has 0 amide bonds. The van der Waals surface area contributed by atoms with Gasteiger partial charge in [0.1, 0.15) is 11.9 Å². The Kier molecular flexibility index (Phi) is 3.83. The summed E-state index contributed by atoms with van der Waals surface area (Å²) in [6, 6.07) is 7.22. The largest absolute Gasteiger partial charge is 0.369 e. The second-order valence-electron chi connectivity index (χ2n) is 4.76. The second-order valence-corrected chi connectivity index (χ2v) is 4.76. The van der Waals surface area contributed by atoms with Gasteiger partial charge in [0, 0.05) is 31.4 Å². The molecule has 0 saturated carbocycles. The van der Waals surface area contributed by atoms with Crippen molar-refractivity contribution in [1.29, 1.82) is 5.26 Å². The Morgan fingerprint density at radius 1 is 1.44 bits per heavy atom. The molecule has 0 aromatic heterocycles. The molecule has 3 nitrogen and oxygen atoms in total. The summed E-state index contributed by atoms with van der Waals surface area (Å²) in [5, 5.41) is 8.72. The number of hydrogen-bond donors (Lipinski definition) is 0. The molecule has 1 heterocycles. The van der Waals surface area contributed by atoms with Crippen LogP contribution in [0, 0.1) is 17.1 Å². The van der Waals surface area contributed by atoms with Crippen LogP contribution in [0.2, 0.25) is 0 Å².